The summed E-state index contributed by atoms with van der Waals surface area (Å²) in [5.41, 5.74) is 1.03. The molecule has 3 aliphatic rings. The molecule has 3 atom stereocenters. The van der Waals surface area contributed by atoms with E-state index in [4.69, 9.17) is 11.6 Å². The summed E-state index contributed by atoms with van der Waals surface area (Å²) in [5.74, 6) is 0.438. The molecular weight excluding hydrogens is 376 g/mol. The molecule has 0 bridgehead atoms. The summed E-state index contributed by atoms with van der Waals surface area (Å²) in [4.78, 5) is 29.1. The van der Waals surface area contributed by atoms with Gasteiger partial charge in [0, 0.05) is 38.6 Å². The minimum atomic E-state index is -0.0831. The number of halogens is 1. The molecule has 2 amide bonds. The van der Waals surface area contributed by atoms with Gasteiger partial charge in [-0.25, -0.2) is 0 Å². The predicted octanol–water partition coefficient (Wildman–Crippen LogP) is 2.37. The van der Waals surface area contributed by atoms with Crippen molar-refractivity contribution in [1.82, 2.24) is 15.5 Å². The number of amides is 2. The standard InChI is InChI=1S/C21H29ClN4O2/c22-16-6-2-4-8-18(16)25-11-13-26(14-12-25)20(27)10-9-19-23-17-7-3-1-5-15(17)21(28)24-19/h2,4,6,8,15,17,19,23H,1,3,5,7,9-14H2,(H,24,28). The molecule has 28 heavy (non-hydrogen) atoms. The van der Waals surface area contributed by atoms with Crippen LogP contribution in [-0.2, 0) is 9.59 Å². The van der Waals surface area contributed by atoms with Crippen molar-refractivity contribution in [2.45, 2.75) is 50.7 Å². The van der Waals surface area contributed by atoms with Crippen molar-refractivity contribution in [1.29, 1.82) is 0 Å². The number of anilines is 1. The van der Waals surface area contributed by atoms with Gasteiger partial charge in [-0.05, 0) is 31.4 Å². The number of benzene rings is 1. The zero-order valence-corrected chi connectivity index (χ0v) is 17.0. The van der Waals surface area contributed by atoms with Crippen LogP contribution in [0.2, 0.25) is 5.02 Å². The maximum Gasteiger partial charge on any atom is 0.225 e. The van der Waals surface area contributed by atoms with Crippen LogP contribution in [-0.4, -0.2) is 55.1 Å². The predicted molar refractivity (Wildman–Crippen MR) is 110 cm³/mol. The van der Waals surface area contributed by atoms with Gasteiger partial charge in [-0.15, -0.1) is 0 Å². The second-order valence-electron chi connectivity index (χ2n) is 8.08. The molecule has 0 spiro atoms. The third kappa shape index (κ3) is 4.28. The molecule has 6 nitrogen and oxygen atoms in total. The molecule has 1 aromatic carbocycles. The molecule has 1 aliphatic carbocycles. The fourth-order valence-corrected chi connectivity index (χ4v) is 4.96. The van der Waals surface area contributed by atoms with Crippen LogP contribution in [0.15, 0.2) is 24.3 Å². The van der Waals surface area contributed by atoms with Crippen LogP contribution in [0.25, 0.3) is 0 Å². The molecule has 1 saturated carbocycles. The number of hydrogen-bond donors (Lipinski definition) is 2. The van der Waals surface area contributed by atoms with E-state index in [2.05, 4.69) is 15.5 Å². The van der Waals surface area contributed by atoms with Gasteiger partial charge >= 0.3 is 0 Å². The summed E-state index contributed by atoms with van der Waals surface area (Å²) in [5, 5.41) is 7.37. The van der Waals surface area contributed by atoms with Crippen LogP contribution >= 0.6 is 11.6 Å². The number of carbonyl (C=O) groups excluding carboxylic acids is 2. The Bertz CT molecular complexity index is 720. The topological polar surface area (TPSA) is 64.7 Å². The molecule has 0 aromatic heterocycles. The van der Waals surface area contributed by atoms with Crippen LogP contribution in [0.5, 0.6) is 0 Å². The first-order chi connectivity index (χ1) is 13.6. The van der Waals surface area contributed by atoms with E-state index in [0.29, 0.717) is 25.9 Å². The minimum absolute atomic E-state index is 0.0831. The van der Waals surface area contributed by atoms with E-state index < -0.39 is 0 Å². The highest BCUT2D eigenvalue weighted by atomic mass is 35.5. The molecule has 0 radical (unpaired) electrons. The summed E-state index contributed by atoms with van der Waals surface area (Å²) in [6, 6.07) is 8.12. The zero-order chi connectivity index (χ0) is 19.5. The van der Waals surface area contributed by atoms with Crippen LogP contribution < -0.4 is 15.5 Å². The molecular formula is C21H29ClN4O2. The summed E-state index contributed by atoms with van der Waals surface area (Å²) in [7, 11) is 0. The number of piperazine rings is 1. The molecule has 2 heterocycles. The fourth-order valence-electron chi connectivity index (χ4n) is 4.71. The number of carbonyl (C=O) groups is 2. The van der Waals surface area contributed by atoms with Gasteiger partial charge in [0.1, 0.15) is 0 Å². The van der Waals surface area contributed by atoms with Crippen molar-refractivity contribution in [3.8, 4) is 0 Å². The maximum atomic E-state index is 12.7. The average molecular weight is 405 g/mol. The quantitative estimate of drug-likeness (QED) is 0.808. The lowest BCUT2D eigenvalue weighted by molar-refractivity contribution is -0.134. The summed E-state index contributed by atoms with van der Waals surface area (Å²) in [6.45, 7) is 2.99. The second-order valence-corrected chi connectivity index (χ2v) is 8.49. The molecule has 2 N–H and O–H groups in total. The Kier molecular flexibility index (Phi) is 6.07. The normalized spacial score (nSPS) is 27.9. The number of nitrogens with one attached hydrogen (secondary N) is 2. The van der Waals surface area contributed by atoms with Crippen LogP contribution in [0.4, 0.5) is 5.69 Å². The lowest BCUT2D eigenvalue weighted by Gasteiger charge is -2.40. The van der Waals surface area contributed by atoms with Crippen molar-refractivity contribution in [2.75, 3.05) is 31.1 Å². The average Bonchev–Trinajstić information content (AvgIpc) is 2.73. The number of para-hydroxylation sites is 1. The monoisotopic (exact) mass is 404 g/mol. The van der Waals surface area contributed by atoms with Crippen molar-refractivity contribution in [2.24, 2.45) is 5.92 Å². The Morgan fingerprint density at radius 3 is 2.64 bits per heavy atom. The second kappa shape index (κ2) is 8.70. The molecule has 7 heteroatoms. The highest BCUT2D eigenvalue weighted by molar-refractivity contribution is 6.33. The van der Waals surface area contributed by atoms with E-state index in [1.807, 2.05) is 29.2 Å². The van der Waals surface area contributed by atoms with Crippen molar-refractivity contribution >= 4 is 29.1 Å². The molecule has 1 aromatic rings. The van der Waals surface area contributed by atoms with Crippen LogP contribution in [0, 0.1) is 5.92 Å². The van der Waals surface area contributed by atoms with Crippen molar-refractivity contribution in [3.05, 3.63) is 29.3 Å². The van der Waals surface area contributed by atoms with Gasteiger partial charge in [0.15, 0.2) is 0 Å². The van der Waals surface area contributed by atoms with Gasteiger partial charge in [0.2, 0.25) is 11.8 Å². The minimum Gasteiger partial charge on any atom is -0.367 e. The first-order valence-corrected chi connectivity index (χ1v) is 10.8. The van der Waals surface area contributed by atoms with Crippen LogP contribution in [0.1, 0.15) is 38.5 Å². The Morgan fingerprint density at radius 2 is 1.86 bits per heavy atom. The third-order valence-corrected chi connectivity index (χ3v) is 6.63. The molecule has 4 rings (SSSR count). The fraction of sp³-hybridized carbons (Fsp3) is 0.619. The van der Waals surface area contributed by atoms with Gasteiger partial charge in [-0.3, -0.25) is 14.9 Å². The number of rotatable bonds is 4. The van der Waals surface area contributed by atoms with Gasteiger partial charge in [0.25, 0.3) is 0 Å². The zero-order valence-electron chi connectivity index (χ0n) is 16.2. The van der Waals surface area contributed by atoms with Crippen LogP contribution in [0.3, 0.4) is 0 Å². The Labute approximate surface area is 171 Å². The highest BCUT2D eigenvalue weighted by Gasteiger charge is 2.37. The van der Waals surface area contributed by atoms with E-state index in [-0.39, 0.29) is 29.9 Å². The van der Waals surface area contributed by atoms with E-state index in [9.17, 15) is 9.59 Å². The lowest BCUT2D eigenvalue weighted by Crippen LogP contribution is -2.62. The Morgan fingerprint density at radius 1 is 1.11 bits per heavy atom. The maximum absolute atomic E-state index is 12.7. The number of nitrogens with zero attached hydrogens (tertiary/aromatic N) is 2. The highest BCUT2D eigenvalue weighted by Crippen LogP contribution is 2.28. The lowest BCUT2D eigenvalue weighted by atomic mass is 9.82. The van der Waals surface area contributed by atoms with Gasteiger partial charge in [-0.1, -0.05) is 36.6 Å². The van der Waals surface area contributed by atoms with E-state index in [0.717, 1.165) is 43.1 Å². The number of hydrogen-bond acceptors (Lipinski definition) is 4. The van der Waals surface area contributed by atoms with Gasteiger partial charge < -0.3 is 15.1 Å². The van der Waals surface area contributed by atoms with Gasteiger partial charge in [-0.2, -0.15) is 0 Å². The molecule has 152 valence electrons. The molecule has 2 aliphatic heterocycles. The van der Waals surface area contributed by atoms with E-state index in [1.165, 1.54) is 6.42 Å². The largest absolute Gasteiger partial charge is 0.367 e. The third-order valence-electron chi connectivity index (χ3n) is 6.31. The Hall–Kier alpha value is -1.79. The van der Waals surface area contributed by atoms with Gasteiger partial charge in [0.05, 0.1) is 22.8 Å². The number of fused-ring (bicyclic) bond motifs is 1. The van der Waals surface area contributed by atoms with Crippen molar-refractivity contribution in [3.63, 3.8) is 0 Å². The smallest absolute Gasteiger partial charge is 0.225 e. The summed E-state index contributed by atoms with van der Waals surface area (Å²) >= 11 is 6.29. The SMILES string of the molecule is O=C1NC(CCC(=O)N2CCN(c3ccccc3Cl)CC2)NC2CCCCC12. The molecule has 3 fully saturated rings. The summed E-state index contributed by atoms with van der Waals surface area (Å²) in [6.07, 6.45) is 5.39. The van der Waals surface area contributed by atoms with Crippen molar-refractivity contribution < 1.29 is 9.59 Å². The summed E-state index contributed by atoms with van der Waals surface area (Å²) < 4.78 is 0. The van der Waals surface area contributed by atoms with E-state index in [1.54, 1.807) is 0 Å². The Balaban J connectivity index is 1.24. The first-order valence-electron chi connectivity index (χ1n) is 10.5. The first kappa shape index (κ1) is 19.5. The molecule has 3 unspecified atom stereocenters. The molecule has 2 saturated heterocycles. The van der Waals surface area contributed by atoms with E-state index >= 15 is 0 Å².